The number of nitro benzene ring substituents is 1. The standard InChI is InChI=1S/C19H22N4O5/c1-12-6-9-16(20-11-12)21-17(24)14-8-7-13(10-15(14)23(26)27)22(5)18(25)28-19(2,3)4/h6-11H,1-5H3,(H,20,21,24). The van der Waals surface area contributed by atoms with Gasteiger partial charge in [0.15, 0.2) is 0 Å². The number of hydrogen-bond donors (Lipinski definition) is 1. The van der Waals surface area contributed by atoms with Gasteiger partial charge in [0.1, 0.15) is 17.0 Å². The van der Waals surface area contributed by atoms with Gasteiger partial charge in [-0.25, -0.2) is 9.78 Å². The molecule has 0 fully saturated rings. The number of aryl methyl sites for hydroxylation is 1. The van der Waals surface area contributed by atoms with E-state index in [1.54, 1.807) is 39.1 Å². The summed E-state index contributed by atoms with van der Waals surface area (Å²) in [6.45, 7) is 7.00. The lowest BCUT2D eigenvalue weighted by molar-refractivity contribution is -0.385. The Labute approximate surface area is 162 Å². The molecule has 28 heavy (non-hydrogen) atoms. The van der Waals surface area contributed by atoms with Crippen molar-refractivity contribution >= 4 is 29.2 Å². The molecule has 0 saturated heterocycles. The number of nitro groups is 1. The molecule has 9 heteroatoms. The van der Waals surface area contributed by atoms with Gasteiger partial charge in [0.25, 0.3) is 11.6 Å². The van der Waals surface area contributed by atoms with Crippen molar-refractivity contribution in [3.8, 4) is 0 Å². The largest absolute Gasteiger partial charge is 0.443 e. The lowest BCUT2D eigenvalue weighted by Crippen LogP contribution is -2.34. The summed E-state index contributed by atoms with van der Waals surface area (Å²) in [7, 11) is 1.43. The minimum absolute atomic E-state index is 0.145. The molecule has 148 valence electrons. The number of rotatable bonds is 4. The van der Waals surface area contributed by atoms with E-state index in [0.29, 0.717) is 0 Å². The second kappa shape index (κ2) is 8.03. The normalized spacial score (nSPS) is 10.9. The fourth-order valence-corrected chi connectivity index (χ4v) is 2.23. The molecule has 0 aliphatic rings. The van der Waals surface area contributed by atoms with Gasteiger partial charge in [0.2, 0.25) is 0 Å². The molecular formula is C19H22N4O5. The SMILES string of the molecule is Cc1ccc(NC(=O)c2ccc(N(C)C(=O)OC(C)(C)C)cc2[N+](=O)[O-])nc1. The molecule has 2 amide bonds. The number of aromatic nitrogens is 1. The van der Waals surface area contributed by atoms with Crippen LogP contribution in [0.4, 0.5) is 22.0 Å². The van der Waals surface area contributed by atoms with Crippen LogP contribution in [-0.4, -0.2) is 34.6 Å². The Balaban J connectivity index is 2.29. The minimum Gasteiger partial charge on any atom is -0.443 e. The molecular weight excluding hydrogens is 364 g/mol. The zero-order valence-electron chi connectivity index (χ0n) is 16.3. The van der Waals surface area contributed by atoms with Crippen LogP contribution < -0.4 is 10.2 Å². The van der Waals surface area contributed by atoms with E-state index in [1.807, 2.05) is 6.92 Å². The van der Waals surface area contributed by atoms with Gasteiger partial charge in [-0.05, 0) is 51.5 Å². The van der Waals surface area contributed by atoms with Crippen molar-refractivity contribution in [2.24, 2.45) is 0 Å². The third-order valence-corrected chi connectivity index (χ3v) is 3.63. The van der Waals surface area contributed by atoms with E-state index in [1.165, 1.54) is 19.2 Å². The van der Waals surface area contributed by atoms with E-state index in [0.717, 1.165) is 16.5 Å². The first-order valence-electron chi connectivity index (χ1n) is 8.47. The van der Waals surface area contributed by atoms with Crippen molar-refractivity contribution in [3.63, 3.8) is 0 Å². The van der Waals surface area contributed by atoms with Crippen molar-refractivity contribution in [1.82, 2.24) is 4.98 Å². The average Bonchev–Trinajstić information content (AvgIpc) is 2.61. The molecule has 0 bridgehead atoms. The van der Waals surface area contributed by atoms with Crippen LogP contribution in [0, 0.1) is 17.0 Å². The number of nitrogens with one attached hydrogen (secondary N) is 1. The highest BCUT2D eigenvalue weighted by Gasteiger charge is 2.25. The van der Waals surface area contributed by atoms with E-state index in [-0.39, 0.29) is 17.1 Å². The summed E-state index contributed by atoms with van der Waals surface area (Å²) in [5.74, 6) is -0.394. The second-order valence-electron chi connectivity index (χ2n) is 7.17. The first-order chi connectivity index (χ1) is 13.0. The summed E-state index contributed by atoms with van der Waals surface area (Å²) >= 11 is 0. The van der Waals surface area contributed by atoms with Crippen LogP contribution >= 0.6 is 0 Å². The second-order valence-corrected chi connectivity index (χ2v) is 7.17. The molecule has 1 heterocycles. The van der Waals surface area contributed by atoms with Crippen LogP contribution in [0.2, 0.25) is 0 Å². The Morgan fingerprint density at radius 3 is 2.43 bits per heavy atom. The Hall–Kier alpha value is -3.49. The van der Waals surface area contributed by atoms with Gasteiger partial charge in [0.05, 0.1) is 10.6 Å². The lowest BCUT2D eigenvalue weighted by atomic mass is 10.1. The van der Waals surface area contributed by atoms with Crippen molar-refractivity contribution in [3.05, 3.63) is 57.8 Å². The summed E-state index contributed by atoms with van der Waals surface area (Å²) in [4.78, 5) is 40.6. The summed E-state index contributed by atoms with van der Waals surface area (Å²) in [5.41, 5.74) is -0.145. The third-order valence-electron chi connectivity index (χ3n) is 3.63. The highest BCUT2D eigenvalue weighted by Crippen LogP contribution is 2.27. The molecule has 1 N–H and O–H groups in total. The molecule has 0 aliphatic heterocycles. The van der Waals surface area contributed by atoms with Crippen LogP contribution in [0.25, 0.3) is 0 Å². The van der Waals surface area contributed by atoms with Crippen molar-refractivity contribution in [1.29, 1.82) is 0 Å². The van der Waals surface area contributed by atoms with Crippen LogP contribution in [0.3, 0.4) is 0 Å². The molecule has 0 aliphatic carbocycles. The van der Waals surface area contributed by atoms with Crippen molar-refractivity contribution in [2.45, 2.75) is 33.3 Å². The predicted octanol–water partition coefficient (Wildman–Crippen LogP) is 3.92. The summed E-state index contributed by atoms with van der Waals surface area (Å²) < 4.78 is 5.25. The summed E-state index contributed by atoms with van der Waals surface area (Å²) in [6.07, 6.45) is 0.908. The van der Waals surface area contributed by atoms with Gasteiger partial charge in [0, 0.05) is 19.3 Å². The fourth-order valence-electron chi connectivity index (χ4n) is 2.23. The first kappa shape index (κ1) is 20.8. The average molecular weight is 386 g/mol. The zero-order chi connectivity index (χ0) is 21.1. The first-order valence-corrected chi connectivity index (χ1v) is 8.47. The maximum absolute atomic E-state index is 12.5. The molecule has 0 radical (unpaired) electrons. The van der Waals surface area contributed by atoms with E-state index in [2.05, 4.69) is 10.3 Å². The summed E-state index contributed by atoms with van der Waals surface area (Å²) in [6, 6.07) is 7.24. The van der Waals surface area contributed by atoms with Crippen LogP contribution in [0.15, 0.2) is 36.5 Å². The molecule has 0 spiro atoms. The summed E-state index contributed by atoms with van der Waals surface area (Å²) in [5, 5.41) is 14.0. The highest BCUT2D eigenvalue weighted by molar-refractivity contribution is 6.07. The Bertz CT molecular complexity index is 904. The highest BCUT2D eigenvalue weighted by atomic mass is 16.6. The third kappa shape index (κ3) is 5.26. The van der Waals surface area contributed by atoms with Gasteiger partial charge in [-0.3, -0.25) is 19.8 Å². The van der Waals surface area contributed by atoms with Crippen LogP contribution in [0.1, 0.15) is 36.7 Å². The smallest absolute Gasteiger partial charge is 0.414 e. The molecule has 1 aromatic heterocycles. The minimum atomic E-state index is -0.710. The maximum atomic E-state index is 12.5. The Kier molecular flexibility index (Phi) is 5.97. The number of pyridine rings is 1. The molecule has 0 unspecified atom stereocenters. The number of nitrogens with zero attached hydrogens (tertiary/aromatic N) is 3. The van der Waals surface area contributed by atoms with Gasteiger partial charge in [-0.1, -0.05) is 6.07 Å². The van der Waals surface area contributed by atoms with E-state index >= 15 is 0 Å². The topological polar surface area (TPSA) is 115 Å². The number of carbonyl (C=O) groups excluding carboxylic acids is 2. The van der Waals surface area contributed by atoms with Crippen LogP contribution in [-0.2, 0) is 4.74 Å². The Morgan fingerprint density at radius 2 is 1.89 bits per heavy atom. The molecule has 2 rings (SSSR count). The predicted molar refractivity (Wildman–Crippen MR) is 105 cm³/mol. The number of hydrogen-bond acceptors (Lipinski definition) is 6. The van der Waals surface area contributed by atoms with Gasteiger partial charge in [-0.15, -0.1) is 0 Å². The Morgan fingerprint density at radius 1 is 1.21 bits per heavy atom. The monoisotopic (exact) mass is 386 g/mol. The van der Waals surface area contributed by atoms with Gasteiger partial charge >= 0.3 is 6.09 Å². The quantitative estimate of drug-likeness (QED) is 0.629. The fraction of sp³-hybridized carbons (Fsp3) is 0.316. The molecule has 0 saturated carbocycles. The van der Waals surface area contributed by atoms with Crippen LogP contribution in [0.5, 0.6) is 0 Å². The number of benzene rings is 1. The van der Waals surface area contributed by atoms with E-state index in [4.69, 9.17) is 4.74 Å². The molecule has 2 aromatic rings. The maximum Gasteiger partial charge on any atom is 0.414 e. The zero-order valence-corrected chi connectivity index (χ0v) is 16.3. The van der Waals surface area contributed by atoms with Crippen molar-refractivity contribution < 1.29 is 19.2 Å². The molecule has 0 atom stereocenters. The van der Waals surface area contributed by atoms with Gasteiger partial charge < -0.3 is 10.1 Å². The number of carbonyl (C=O) groups is 2. The number of anilines is 2. The van der Waals surface area contributed by atoms with E-state index < -0.39 is 28.2 Å². The number of ether oxygens (including phenoxy) is 1. The van der Waals surface area contributed by atoms with E-state index in [9.17, 15) is 19.7 Å². The molecule has 9 nitrogen and oxygen atoms in total. The lowest BCUT2D eigenvalue weighted by Gasteiger charge is -2.24. The van der Waals surface area contributed by atoms with Gasteiger partial charge in [-0.2, -0.15) is 0 Å². The van der Waals surface area contributed by atoms with Crippen molar-refractivity contribution in [2.75, 3.05) is 17.3 Å². The number of amides is 2. The molecule has 1 aromatic carbocycles.